The number of nitrogens with zero attached hydrogens (tertiary/aromatic N) is 1. The number of anilines is 1. The SMILES string of the molecule is COc1cccnc1NC1CCCNCC1. The molecule has 1 fully saturated rings. The van der Waals surface area contributed by atoms with Crippen molar-refractivity contribution in [1.82, 2.24) is 10.3 Å². The minimum absolute atomic E-state index is 0.499. The van der Waals surface area contributed by atoms with Crippen LogP contribution in [0.3, 0.4) is 0 Å². The Morgan fingerprint density at radius 3 is 3.25 bits per heavy atom. The van der Waals surface area contributed by atoms with E-state index in [0.29, 0.717) is 6.04 Å². The van der Waals surface area contributed by atoms with E-state index in [2.05, 4.69) is 15.6 Å². The van der Waals surface area contributed by atoms with E-state index in [4.69, 9.17) is 4.74 Å². The summed E-state index contributed by atoms with van der Waals surface area (Å²) in [5.41, 5.74) is 0. The van der Waals surface area contributed by atoms with Crippen LogP contribution < -0.4 is 15.4 Å². The van der Waals surface area contributed by atoms with Gasteiger partial charge in [-0.15, -0.1) is 0 Å². The molecule has 16 heavy (non-hydrogen) atoms. The molecule has 1 aliphatic heterocycles. The fraction of sp³-hybridized carbons (Fsp3) is 0.583. The first-order chi connectivity index (χ1) is 7.90. The number of pyridine rings is 1. The van der Waals surface area contributed by atoms with E-state index in [1.54, 1.807) is 13.3 Å². The largest absolute Gasteiger partial charge is 0.493 e. The highest BCUT2D eigenvalue weighted by Gasteiger charge is 2.13. The predicted octanol–water partition coefficient (Wildman–Crippen LogP) is 1.64. The molecule has 0 amide bonds. The summed E-state index contributed by atoms with van der Waals surface area (Å²) in [5, 5.41) is 6.86. The number of hydrogen-bond donors (Lipinski definition) is 2. The molecule has 1 atom stereocenters. The molecule has 1 saturated heterocycles. The van der Waals surface area contributed by atoms with Gasteiger partial charge in [0.2, 0.25) is 0 Å². The standard InChI is InChI=1S/C12H19N3O/c1-16-11-5-3-8-14-12(11)15-10-4-2-7-13-9-6-10/h3,5,8,10,13H,2,4,6-7,9H2,1H3,(H,14,15). The second-order valence-electron chi connectivity index (χ2n) is 4.08. The number of aromatic nitrogens is 1. The molecule has 2 N–H and O–H groups in total. The van der Waals surface area contributed by atoms with Crippen LogP contribution in [0.25, 0.3) is 0 Å². The van der Waals surface area contributed by atoms with Crippen LogP contribution in [0.15, 0.2) is 18.3 Å². The van der Waals surface area contributed by atoms with Crippen LogP contribution in [0, 0.1) is 0 Å². The van der Waals surface area contributed by atoms with E-state index in [9.17, 15) is 0 Å². The van der Waals surface area contributed by atoms with Crippen molar-refractivity contribution >= 4 is 5.82 Å². The summed E-state index contributed by atoms with van der Waals surface area (Å²) < 4.78 is 5.28. The van der Waals surface area contributed by atoms with Crippen LogP contribution >= 0.6 is 0 Å². The van der Waals surface area contributed by atoms with Crippen molar-refractivity contribution in [2.45, 2.75) is 25.3 Å². The molecule has 0 aromatic carbocycles. The van der Waals surface area contributed by atoms with Crippen LogP contribution in [0.5, 0.6) is 5.75 Å². The molecule has 0 spiro atoms. The topological polar surface area (TPSA) is 46.2 Å². The van der Waals surface area contributed by atoms with Gasteiger partial charge >= 0.3 is 0 Å². The van der Waals surface area contributed by atoms with Crippen LogP contribution in [0.2, 0.25) is 0 Å². The van der Waals surface area contributed by atoms with Crippen molar-refractivity contribution in [1.29, 1.82) is 0 Å². The zero-order valence-electron chi connectivity index (χ0n) is 9.70. The maximum Gasteiger partial charge on any atom is 0.168 e. The van der Waals surface area contributed by atoms with Crippen molar-refractivity contribution in [2.24, 2.45) is 0 Å². The van der Waals surface area contributed by atoms with Gasteiger partial charge in [0.05, 0.1) is 7.11 Å². The predicted molar refractivity (Wildman–Crippen MR) is 64.9 cm³/mol. The second kappa shape index (κ2) is 5.70. The summed E-state index contributed by atoms with van der Waals surface area (Å²) in [6.45, 7) is 2.20. The van der Waals surface area contributed by atoms with Crippen LogP contribution in [0.4, 0.5) is 5.82 Å². The molecule has 0 aliphatic carbocycles. The Balaban J connectivity index is 2.01. The van der Waals surface area contributed by atoms with Crippen molar-refractivity contribution in [3.05, 3.63) is 18.3 Å². The lowest BCUT2D eigenvalue weighted by Gasteiger charge is -2.18. The number of ether oxygens (including phenoxy) is 1. The summed E-state index contributed by atoms with van der Waals surface area (Å²) >= 11 is 0. The molecule has 4 heteroatoms. The van der Waals surface area contributed by atoms with Gasteiger partial charge in [-0.05, 0) is 44.5 Å². The second-order valence-corrected chi connectivity index (χ2v) is 4.08. The van der Waals surface area contributed by atoms with Crippen LogP contribution in [-0.4, -0.2) is 31.2 Å². The Labute approximate surface area is 96.4 Å². The number of nitrogens with one attached hydrogen (secondary N) is 2. The van der Waals surface area contributed by atoms with Gasteiger partial charge in [-0.3, -0.25) is 0 Å². The van der Waals surface area contributed by atoms with E-state index in [0.717, 1.165) is 31.1 Å². The van der Waals surface area contributed by atoms with Crippen molar-refractivity contribution < 1.29 is 4.74 Å². The molecule has 0 saturated carbocycles. The summed E-state index contributed by atoms with van der Waals surface area (Å²) in [6, 6.07) is 4.32. The van der Waals surface area contributed by atoms with Gasteiger partial charge < -0.3 is 15.4 Å². The van der Waals surface area contributed by atoms with Gasteiger partial charge in [-0.1, -0.05) is 0 Å². The molecule has 1 unspecified atom stereocenters. The van der Waals surface area contributed by atoms with Gasteiger partial charge in [0.15, 0.2) is 11.6 Å². The molecule has 1 aromatic heterocycles. The maximum atomic E-state index is 5.28. The number of hydrogen-bond acceptors (Lipinski definition) is 4. The van der Waals surface area contributed by atoms with Crippen LogP contribution in [-0.2, 0) is 0 Å². The normalized spacial score (nSPS) is 21.2. The number of rotatable bonds is 3. The first-order valence-electron chi connectivity index (χ1n) is 5.86. The fourth-order valence-corrected chi connectivity index (χ4v) is 2.02. The molecule has 88 valence electrons. The molecule has 0 radical (unpaired) electrons. The lowest BCUT2D eigenvalue weighted by Crippen LogP contribution is -2.22. The monoisotopic (exact) mass is 221 g/mol. The highest BCUT2D eigenvalue weighted by molar-refractivity contribution is 5.50. The van der Waals surface area contributed by atoms with Crippen LogP contribution in [0.1, 0.15) is 19.3 Å². The zero-order valence-corrected chi connectivity index (χ0v) is 9.70. The lowest BCUT2D eigenvalue weighted by atomic mass is 10.1. The van der Waals surface area contributed by atoms with Gasteiger partial charge in [-0.2, -0.15) is 0 Å². The lowest BCUT2D eigenvalue weighted by molar-refractivity contribution is 0.414. The van der Waals surface area contributed by atoms with Gasteiger partial charge in [0.25, 0.3) is 0 Å². The molecular formula is C12H19N3O. The number of methoxy groups -OCH3 is 1. The van der Waals surface area contributed by atoms with Crippen molar-refractivity contribution in [3.8, 4) is 5.75 Å². The quantitative estimate of drug-likeness (QED) is 0.814. The minimum atomic E-state index is 0.499. The average molecular weight is 221 g/mol. The summed E-state index contributed by atoms with van der Waals surface area (Å²) in [5.74, 6) is 1.68. The van der Waals surface area contributed by atoms with E-state index in [1.807, 2.05) is 12.1 Å². The van der Waals surface area contributed by atoms with E-state index < -0.39 is 0 Å². The van der Waals surface area contributed by atoms with E-state index in [1.165, 1.54) is 12.8 Å². The average Bonchev–Trinajstić information content (AvgIpc) is 2.58. The van der Waals surface area contributed by atoms with Gasteiger partial charge in [0, 0.05) is 12.2 Å². The van der Waals surface area contributed by atoms with Gasteiger partial charge in [-0.25, -0.2) is 4.98 Å². The third kappa shape index (κ3) is 2.85. The molecule has 4 nitrogen and oxygen atoms in total. The third-order valence-corrected chi connectivity index (χ3v) is 2.91. The molecule has 0 bridgehead atoms. The summed E-state index contributed by atoms with van der Waals surface area (Å²) in [7, 11) is 1.68. The molecular weight excluding hydrogens is 202 g/mol. The smallest absolute Gasteiger partial charge is 0.168 e. The van der Waals surface area contributed by atoms with E-state index >= 15 is 0 Å². The Morgan fingerprint density at radius 1 is 1.44 bits per heavy atom. The molecule has 1 aliphatic rings. The molecule has 2 rings (SSSR count). The van der Waals surface area contributed by atoms with Crippen molar-refractivity contribution in [2.75, 3.05) is 25.5 Å². The first kappa shape index (κ1) is 11.2. The van der Waals surface area contributed by atoms with Gasteiger partial charge in [0.1, 0.15) is 0 Å². The Hall–Kier alpha value is -1.29. The van der Waals surface area contributed by atoms with Crippen molar-refractivity contribution in [3.63, 3.8) is 0 Å². The highest BCUT2D eigenvalue weighted by atomic mass is 16.5. The first-order valence-corrected chi connectivity index (χ1v) is 5.86. The Kier molecular flexibility index (Phi) is 3.99. The third-order valence-electron chi connectivity index (χ3n) is 2.91. The molecule has 1 aromatic rings. The fourth-order valence-electron chi connectivity index (χ4n) is 2.02. The Bertz CT molecular complexity index is 322. The Morgan fingerprint density at radius 2 is 2.38 bits per heavy atom. The molecule has 2 heterocycles. The minimum Gasteiger partial charge on any atom is -0.493 e. The van der Waals surface area contributed by atoms with E-state index in [-0.39, 0.29) is 0 Å². The highest BCUT2D eigenvalue weighted by Crippen LogP contribution is 2.22. The zero-order chi connectivity index (χ0) is 11.2. The summed E-state index contributed by atoms with van der Waals surface area (Å²) in [6.07, 6.45) is 5.33. The summed E-state index contributed by atoms with van der Waals surface area (Å²) in [4.78, 5) is 4.32. The maximum absolute atomic E-state index is 5.28.